The van der Waals surface area contributed by atoms with Crippen molar-refractivity contribution >= 4 is 102 Å². The van der Waals surface area contributed by atoms with Crippen LogP contribution in [-0.4, -0.2) is 206 Å². The number of likely N-dealkylation sites (N-methyl/N-ethyl adjacent to an activating group) is 4. The van der Waals surface area contributed by atoms with Gasteiger partial charge in [-0.05, 0) is 207 Å². The minimum atomic E-state index is -2.07. The highest BCUT2D eigenvalue weighted by Crippen LogP contribution is 2.40. The third-order valence-electron chi connectivity index (χ3n) is 23.3. The van der Waals surface area contributed by atoms with Crippen LogP contribution in [0.4, 0.5) is 0 Å². The number of allylic oxidation sites excluding steroid dienone is 4. The Morgan fingerprint density at radius 3 is 1.11 bits per heavy atom. The number of nitrogens with zero attached hydrogens (tertiary/aromatic N) is 4. The zero-order chi connectivity index (χ0) is 91.8. The summed E-state index contributed by atoms with van der Waals surface area (Å²) in [4.78, 5) is 166. The lowest BCUT2D eigenvalue weighted by molar-refractivity contribution is -0.154. The first-order valence-electron chi connectivity index (χ1n) is 42.1. The average Bonchev–Trinajstić information content (AvgIpc) is 0.826. The molecule has 0 saturated heterocycles. The Morgan fingerprint density at radius 1 is 0.487 bits per heavy atom. The van der Waals surface area contributed by atoms with Crippen molar-refractivity contribution in [2.75, 3.05) is 41.3 Å². The Labute approximate surface area is 723 Å². The predicted molar refractivity (Wildman–Crippen MR) is 477 cm³/mol. The number of rotatable bonds is 46. The van der Waals surface area contributed by atoms with Crippen LogP contribution in [-0.2, 0) is 84.3 Å². The van der Waals surface area contributed by atoms with E-state index in [4.69, 9.17) is 37.1 Å². The van der Waals surface area contributed by atoms with E-state index in [1.165, 1.54) is 81.1 Å². The molecule has 0 aliphatic heterocycles. The third-order valence-corrected chi connectivity index (χ3v) is 28.3. The van der Waals surface area contributed by atoms with E-state index in [1.54, 1.807) is 68.5 Å². The fourth-order valence-corrected chi connectivity index (χ4v) is 14.6. The number of benzene rings is 2. The first-order chi connectivity index (χ1) is 55.0. The van der Waals surface area contributed by atoms with Crippen molar-refractivity contribution in [3.05, 3.63) is 116 Å². The van der Waals surface area contributed by atoms with Crippen LogP contribution >= 0.6 is 23.2 Å². The van der Waals surface area contributed by atoms with Crippen LogP contribution in [0, 0.1) is 47.3 Å². The standard InChI is InChI=1S/C49H81ClN4O8Si.C43H67ClN4O8/c1-19-31(5)43(37(11)55)52-42(56)29-53(15)47(59)40(28-38-23-25-39(50)26-24-38)54(16)46(58)36(10)51-45(57)41(27-30(3)4)61-48(60)34(8)22-21-33(7)35(9)44(32(6)20-2)62-63(17,18)49(12,13)14;1-14-26(5)38(32(11)49)46-37(50)24-47(12)42(54)35(23-33-18-20-34(44)21-19-33)48(13)41(53)31(10)45-40(52)36(22-25(3)4)56-43(55)29(8)17-16-28(7)30(9)39(51)27(6)15-2/h20,22-26,30-31,33,35-36,40-41,43-44H,19,21,27-29H2,1-18H3,(H,51,57)(H,52,56);15,17-21,25-26,28,30-31,35-36,38-39,51H,14,16,22-24H2,1-13H3,(H,45,52)(H,46,50)/b32-20+,34-22+;27-15+,29-17+/t31?,33-,35-,36-,40+,41+,43-,44?;26?,28-,30-,31-,35+,36+,38-,39+/m00/s1. The largest absolute Gasteiger partial charge is 0.449 e. The molecule has 5 N–H and O–H groups in total. The number of hydrogen-bond acceptors (Lipinski definition) is 16. The predicted octanol–water partition coefficient (Wildman–Crippen LogP) is 14.4. The number of esters is 2. The van der Waals surface area contributed by atoms with Crippen LogP contribution in [0.3, 0.4) is 0 Å². The second-order valence-electron chi connectivity index (χ2n) is 35.3. The third kappa shape index (κ3) is 36.4. The van der Waals surface area contributed by atoms with Gasteiger partial charge < -0.3 is 59.9 Å². The Hall–Kier alpha value is -7.84. The molecule has 670 valence electrons. The van der Waals surface area contributed by atoms with Gasteiger partial charge in [0, 0.05) is 62.2 Å². The number of amides is 8. The Kier molecular flexibility index (Phi) is 47.5. The van der Waals surface area contributed by atoms with Crippen molar-refractivity contribution in [1.82, 2.24) is 40.9 Å². The van der Waals surface area contributed by atoms with Crippen molar-refractivity contribution in [3.63, 3.8) is 0 Å². The average molecular weight is 1720 g/mol. The summed E-state index contributed by atoms with van der Waals surface area (Å²) in [6.07, 6.45) is 7.61. The lowest BCUT2D eigenvalue weighted by Gasteiger charge is -2.42. The molecule has 3 unspecified atom stereocenters. The molecule has 27 heteroatoms. The van der Waals surface area contributed by atoms with Gasteiger partial charge in [-0.15, -0.1) is 0 Å². The maximum Gasteiger partial charge on any atom is 0.334 e. The number of carbonyl (C=O) groups excluding carboxylic acids is 12. The summed E-state index contributed by atoms with van der Waals surface area (Å²) < 4.78 is 18.4. The molecule has 0 bridgehead atoms. The molecular weight excluding hydrogens is 1570 g/mol. The number of ether oxygens (including phenoxy) is 2. The van der Waals surface area contributed by atoms with Gasteiger partial charge in [0.25, 0.3) is 11.8 Å². The van der Waals surface area contributed by atoms with E-state index >= 15 is 0 Å². The normalized spacial score (nSPS) is 16.4. The Bertz CT molecular complexity index is 3820. The topological polar surface area (TPSA) is 314 Å². The summed E-state index contributed by atoms with van der Waals surface area (Å²) in [5, 5.41) is 22.5. The monoisotopic (exact) mass is 1720 g/mol. The van der Waals surface area contributed by atoms with Crippen molar-refractivity contribution in [2.24, 2.45) is 47.3 Å². The molecule has 16 atom stereocenters. The smallest absolute Gasteiger partial charge is 0.334 e. The number of Topliss-reactive ketones (excluding diaryl/α,β-unsaturated/α-hetero) is 2. The molecule has 2 rings (SSSR count). The van der Waals surface area contributed by atoms with Gasteiger partial charge in [-0.1, -0.05) is 188 Å². The van der Waals surface area contributed by atoms with E-state index < -0.39 is 122 Å². The summed E-state index contributed by atoms with van der Waals surface area (Å²) >= 11 is 12.2. The first kappa shape index (κ1) is 109. The number of ketones is 2. The van der Waals surface area contributed by atoms with Crippen LogP contribution in [0.25, 0.3) is 0 Å². The van der Waals surface area contributed by atoms with E-state index in [9.17, 15) is 62.6 Å². The fourth-order valence-electron chi connectivity index (χ4n) is 12.9. The summed E-state index contributed by atoms with van der Waals surface area (Å²) in [7, 11) is 3.75. The molecule has 0 fully saturated rings. The second kappa shape index (κ2) is 51.8. The highest BCUT2D eigenvalue weighted by atomic mass is 35.5. The highest BCUT2D eigenvalue weighted by Gasteiger charge is 2.43. The molecule has 0 radical (unpaired) electrons. The number of aliphatic hydroxyl groups is 1. The van der Waals surface area contributed by atoms with Gasteiger partial charge in [-0.3, -0.25) is 47.9 Å². The van der Waals surface area contributed by atoms with Crippen LogP contribution < -0.4 is 21.3 Å². The van der Waals surface area contributed by atoms with E-state index in [2.05, 4.69) is 82.0 Å². The lowest BCUT2D eigenvalue weighted by atomic mass is 9.85. The summed E-state index contributed by atoms with van der Waals surface area (Å²) in [6, 6.07) is 7.88. The highest BCUT2D eigenvalue weighted by molar-refractivity contribution is 6.74. The van der Waals surface area contributed by atoms with Gasteiger partial charge in [-0.2, -0.15) is 0 Å². The summed E-state index contributed by atoms with van der Waals surface area (Å²) in [5.41, 5.74) is 4.17. The van der Waals surface area contributed by atoms with Gasteiger partial charge in [-0.25, -0.2) is 9.59 Å². The molecule has 24 nitrogen and oxygen atoms in total. The molecular formula is C92H148Cl2N8O16Si. The summed E-state index contributed by atoms with van der Waals surface area (Å²) in [6.45, 7) is 51.0. The van der Waals surface area contributed by atoms with Gasteiger partial charge in [0.05, 0.1) is 37.4 Å². The number of aliphatic hydroxyl groups excluding tert-OH is 1. The maximum atomic E-state index is 14.1. The molecule has 0 aliphatic rings. The SMILES string of the molecule is C/C=C(\C)C(O[Si](C)(C)C(C)(C)C)[C@@H](C)[C@@H](C)C/C=C(\C)C(=O)O[C@H](CC(C)C)C(=O)N[C@@H](C)C(=O)N(C)[C@H](Cc1ccc(Cl)cc1)C(=O)N(C)CC(=O)N[C@H](C(C)=O)C(C)CC.C/C=C(\C)[C@@H](O)[C@@H](C)[C@@H](C)C/C=C(\C)C(=O)O[C@H](CC(C)C)C(=O)N[C@@H](C)C(=O)N(C)[C@H](Cc1ccc(Cl)cc1)C(=O)N(C)CC(=O)N[C@H](C(C)=O)C(C)CC. The van der Waals surface area contributed by atoms with Gasteiger partial charge in [0.2, 0.25) is 35.4 Å². The number of carbonyl (C=O) groups is 12. The quantitative estimate of drug-likeness (QED) is 0.0178. The van der Waals surface area contributed by atoms with Gasteiger partial charge in [0.1, 0.15) is 24.2 Å². The lowest BCUT2D eigenvalue weighted by Crippen LogP contribution is -2.56. The van der Waals surface area contributed by atoms with Crippen molar-refractivity contribution < 1.29 is 76.5 Å². The van der Waals surface area contributed by atoms with Crippen molar-refractivity contribution in [3.8, 4) is 0 Å². The Balaban J connectivity index is 0.00000120. The molecule has 0 aliphatic carbocycles. The van der Waals surface area contributed by atoms with Gasteiger partial charge in [0.15, 0.2) is 32.1 Å². The van der Waals surface area contributed by atoms with Crippen LogP contribution in [0.15, 0.2) is 95.1 Å². The molecule has 0 heterocycles. The second-order valence-corrected chi connectivity index (χ2v) is 40.9. The molecule has 2 aromatic carbocycles. The molecule has 8 amide bonds. The van der Waals surface area contributed by atoms with E-state index in [-0.39, 0.29) is 109 Å². The van der Waals surface area contributed by atoms with Crippen molar-refractivity contribution in [1.29, 1.82) is 0 Å². The molecule has 119 heavy (non-hydrogen) atoms. The number of hydrogen-bond donors (Lipinski definition) is 5. The van der Waals surface area contributed by atoms with E-state index in [1.807, 2.05) is 102 Å². The van der Waals surface area contributed by atoms with E-state index in [0.29, 0.717) is 58.0 Å². The zero-order valence-corrected chi connectivity index (χ0v) is 80.0. The van der Waals surface area contributed by atoms with Gasteiger partial charge >= 0.3 is 11.9 Å². The van der Waals surface area contributed by atoms with Crippen LogP contribution in [0.5, 0.6) is 0 Å². The summed E-state index contributed by atoms with van der Waals surface area (Å²) in [5.74, 6) is -6.09. The molecule has 2 aromatic rings. The molecule has 0 spiro atoms. The number of nitrogens with one attached hydrogen (secondary N) is 4. The molecule has 0 aromatic heterocycles. The Morgan fingerprint density at radius 2 is 0.815 bits per heavy atom. The van der Waals surface area contributed by atoms with E-state index in [0.717, 1.165) is 5.57 Å². The van der Waals surface area contributed by atoms with Crippen LogP contribution in [0.2, 0.25) is 28.2 Å². The fraction of sp³-hybridized carbons (Fsp3) is 0.652. The first-order valence-corrected chi connectivity index (χ1v) is 45.8. The minimum Gasteiger partial charge on any atom is -0.449 e. The van der Waals surface area contributed by atoms with Crippen LogP contribution in [0.1, 0.15) is 223 Å². The maximum absolute atomic E-state index is 14.1. The number of halogens is 2. The molecule has 0 saturated carbocycles. The minimum absolute atomic E-state index is 0.0230. The van der Waals surface area contributed by atoms with Crippen molar-refractivity contribution in [2.45, 2.75) is 303 Å². The zero-order valence-electron chi connectivity index (χ0n) is 77.5.